The van der Waals surface area contributed by atoms with Crippen molar-refractivity contribution in [2.75, 3.05) is 11.9 Å². The first-order valence-electron chi connectivity index (χ1n) is 6.03. The third kappa shape index (κ3) is 3.60. The van der Waals surface area contributed by atoms with Crippen LogP contribution in [0.3, 0.4) is 0 Å². The number of hydrogen-bond acceptors (Lipinski definition) is 4. The Labute approximate surface area is 122 Å². The third-order valence-corrected chi connectivity index (χ3v) is 2.46. The molecular formula is C13H11F4NO4. The SMILES string of the molecule is CCOC(=O)CC(=O)c1c(F)c(F)c(F)c(F)c1NC(C)=O. The number of anilines is 1. The van der Waals surface area contributed by atoms with E-state index in [2.05, 4.69) is 4.74 Å². The molecule has 1 N–H and O–H groups in total. The molecule has 0 radical (unpaired) electrons. The van der Waals surface area contributed by atoms with Gasteiger partial charge in [-0.25, -0.2) is 17.6 Å². The summed E-state index contributed by atoms with van der Waals surface area (Å²) in [7, 11) is 0. The Morgan fingerprint density at radius 1 is 1.00 bits per heavy atom. The van der Waals surface area contributed by atoms with Gasteiger partial charge in [-0.3, -0.25) is 14.4 Å². The van der Waals surface area contributed by atoms with Gasteiger partial charge in [0.15, 0.2) is 29.1 Å². The van der Waals surface area contributed by atoms with Crippen LogP contribution < -0.4 is 5.32 Å². The van der Waals surface area contributed by atoms with Gasteiger partial charge >= 0.3 is 5.97 Å². The average molecular weight is 321 g/mol. The van der Waals surface area contributed by atoms with Crippen LogP contribution in [0, 0.1) is 23.3 Å². The fraction of sp³-hybridized carbons (Fsp3) is 0.308. The quantitative estimate of drug-likeness (QED) is 0.226. The van der Waals surface area contributed by atoms with Gasteiger partial charge in [-0.2, -0.15) is 0 Å². The highest BCUT2D eigenvalue weighted by Gasteiger charge is 2.30. The molecule has 0 saturated heterocycles. The summed E-state index contributed by atoms with van der Waals surface area (Å²) in [6.45, 7) is 2.26. The predicted molar refractivity (Wildman–Crippen MR) is 66.2 cm³/mol. The molecule has 0 fully saturated rings. The van der Waals surface area contributed by atoms with Gasteiger partial charge < -0.3 is 10.1 Å². The van der Waals surface area contributed by atoms with Crippen LogP contribution in [0.1, 0.15) is 30.6 Å². The number of halogens is 4. The second kappa shape index (κ2) is 7.01. The lowest BCUT2D eigenvalue weighted by molar-refractivity contribution is -0.142. The van der Waals surface area contributed by atoms with Crippen molar-refractivity contribution in [2.45, 2.75) is 20.3 Å². The summed E-state index contributed by atoms with van der Waals surface area (Å²) in [5, 5.41) is 1.70. The summed E-state index contributed by atoms with van der Waals surface area (Å²) in [5.74, 6) is -11.7. The maximum Gasteiger partial charge on any atom is 0.313 e. The van der Waals surface area contributed by atoms with Crippen molar-refractivity contribution < 1.29 is 36.7 Å². The zero-order chi connectivity index (χ0) is 17.0. The van der Waals surface area contributed by atoms with Crippen LogP contribution in [0.4, 0.5) is 23.2 Å². The van der Waals surface area contributed by atoms with Crippen molar-refractivity contribution in [3.63, 3.8) is 0 Å². The molecule has 1 aromatic rings. The van der Waals surface area contributed by atoms with E-state index in [9.17, 15) is 31.9 Å². The van der Waals surface area contributed by atoms with Crippen molar-refractivity contribution >= 4 is 23.3 Å². The lowest BCUT2D eigenvalue weighted by atomic mass is 10.0. The Morgan fingerprint density at radius 2 is 1.55 bits per heavy atom. The van der Waals surface area contributed by atoms with E-state index < -0.39 is 58.6 Å². The van der Waals surface area contributed by atoms with Gasteiger partial charge in [0.25, 0.3) is 0 Å². The molecule has 0 atom stereocenters. The zero-order valence-electron chi connectivity index (χ0n) is 11.6. The van der Waals surface area contributed by atoms with Gasteiger partial charge in [0, 0.05) is 6.92 Å². The van der Waals surface area contributed by atoms with Gasteiger partial charge in [0.1, 0.15) is 6.42 Å². The molecule has 1 rings (SSSR count). The molecule has 9 heteroatoms. The van der Waals surface area contributed by atoms with Crippen LogP contribution in [0.15, 0.2) is 0 Å². The second-order valence-electron chi connectivity index (χ2n) is 4.09. The lowest BCUT2D eigenvalue weighted by Gasteiger charge is -2.12. The number of ether oxygens (including phenoxy) is 1. The van der Waals surface area contributed by atoms with Crippen molar-refractivity contribution in [3.8, 4) is 0 Å². The van der Waals surface area contributed by atoms with E-state index in [0.29, 0.717) is 0 Å². The number of ketones is 1. The standard InChI is InChI=1S/C13H11F4NO4/c1-3-22-7(21)4-6(20)8-9(14)10(15)11(16)12(17)13(8)18-5(2)19/h3-4H2,1-2H3,(H,18,19). The molecule has 0 aliphatic rings. The van der Waals surface area contributed by atoms with E-state index >= 15 is 0 Å². The smallest absolute Gasteiger partial charge is 0.313 e. The molecule has 1 aromatic carbocycles. The molecule has 0 spiro atoms. The normalized spacial score (nSPS) is 10.3. The maximum atomic E-state index is 13.7. The summed E-state index contributed by atoms with van der Waals surface area (Å²) in [6.07, 6.45) is -1.03. The van der Waals surface area contributed by atoms with Crippen molar-refractivity contribution in [1.82, 2.24) is 0 Å². The van der Waals surface area contributed by atoms with Gasteiger partial charge in [-0.15, -0.1) is 0 Å². The minimum atomic E-state index is -2.22. The number of rotatable bonds is 5. The largest absolute Gasteiger partial charge is 0.466 e. The number of amides is 1. The van der Waals surface area contributed by atoms with Crippen LogP contribution in [-0.4, -0.2) is 24.3 Å². The Morgan fingerprint density at radius 3 is 2.05 bits per heavy atom. The Hall–Kier alpha value is -2.45. The highest BCUT2D eigenvalue weighted by Crippen LogP contribution is 2.29. The summed E-state index contributed by atoms with van der Waals surface area (Å²) >= 11 is 0. The highest BCUT2D eigenvalue weighted by atomic mass is 19.2. The third-order valence-electron chi connectivity index (χ3n) is 2.46. The predicted octanol–water partition coefficient (Wildman–Crippen LogP) is 2.34. The van der Waals surface area contributed by atoms with Gasteiger partial charge in [0.05, 0.1) is 17.9 Å². The molecule has 0 aliphatic heterocycles. The highest BCUT2D eigenvalue weighted by molar-refractivity contribution is 6.11. The van der Waals surface area contributed by atoms with Crippen molar-refractivity contribution in [2.24, 2.45) is 0 Å². The van der Waals surface area contributed by atoms with Crippen LogP contribution in [0.25, 0.3) is 0 Å². The monoisotopic (exact) mass is 321 g/mol. The number of nitrogens with one attached hydrogen (secondary N) is 1. The van der Waals surface area contributed by atoms with E-state index in [1.807, 2.05) is 0 Å². The number of carbonyl (C=O) groups is 3. The number of carbonyl (C=O) groups excluding carboxylic acids is 3. The summed E-state index contributed by atoms with van der Waals surface area (Å²) in [4.78, 5) is 34.0. The van der Waals surface area contributed by atoms with Gasteiger partial charge in [-0.1, -0.05) is 0 Å². The van der Waals surface area contributed by atoms with Crippen LogP contribution in [-0.2, 0) is 14.3 Å². The zero-order valence-corrected chi connectivity index (χ0v) is 11.6. The van der Waals surface area contributed by atoms with Gasteiger partial charge in [-0.05, 0) is 6.92 Å². The number of hydrogen-bond donors (Lipinski definition) is 1. The average Bonchev–Trinajstić information content (AvgIpc) is 2.42. The van der Waals surface area contributed by atoms with E-state index in [0.717, 1.165) is 6.92 Å². The molecular weight excluding hydrogens is 310 g/mol. The number of esters is 1. The Bertz CT molecular complexity index is 646. The van der Waals surface area contributed by atoms with Crippen molar-refractivity contribution in [1.29, 1.82) is 0 Å². The first-order chi connectivity index (χ1) is 10.2. The van der Waals surface area contributed by atoms with E-state index in [-0.39, 0.29) is 6.61 Å². The molecule has 22 heavy (non-hydrogen) atoms. The maximum absolute atomic E-state index is 13.7. The lowest BCUT2D eigenvalue weighted by Crippen LogP contribution is -2.20. The Kier molecular flexibility index (Phi) is 5.61. The van der Waals surface area contributed by atoms with Crippen molar-refractivity contribution in [3.05, 3.63) is 28.8 Å². The molecule has 0 saturated carbocycles. The second-order valence-corrected chi connectivity index (χ2v) is 4.09. The van der Waals surface area contributed by atoms with Crippen LogP contribution >= 0.6 is 0 Å². The van der Waals surface area contributed by atoms with E-state index in [1.54, 1.807) is 5.32 Å². The molecule has 1 amide bonds. The summed E-state index contributed by atoms with van der Waals surface area (Å²) in [6, 6.07) is 0. The Balaban J connectivity index is 3.40. The van der Waals surface area contributed by atoms with Crippen LogP contribution in [0.5, 0.6) is 0 Å². The minimum absolute atomic E-state index is 0.0702. The minimum Gasteiger partial charge on any atom is -0.466 e. The number of benzene rings is 1. The molecule has 0 unspecified atom stereocenters. The molecule has 0 aromatic heterocycles. The first kappa shape index (κ1) is 17.6. The molecule has 120 valence electrons. The van der Waals surface area contributed by atoms with E-state index in [4.69, 9.17) is 0 Å². The van der Waals surface area contributed by atoms with E-state index in [1.165, 1.54) is 6.92 Å². The van der Waals surface area contributed by atoms with Gasteiger partial charge in [0.2, 0.25) is 5.91 Å². The molecule has 0 aliphatic carbocycles. The number of Topliss-reactive ketones (excluding diaryl/α,β-unsaturated/α-hetero) is 1. The molecule has 5 nitrogen and oxygen atoms in total. The first-order valence-corrected chi connectivity index (χ1v) is 6.03. The topological polar surface area (TPSA) is 72.5 Å². The summed E-state index contributed by atoms with van der Waals surface area (Å²) < 4.78 is 58.3. The molecule has 0 heterocycles. The summed E-state index contributed by atoms with van der Waals surface area (Å²) in [5.41, 5.74) is -2.43. The fourth-order valence-electron chi connectivity index (χ4n) is 1.62. The fourth-order valence-corrected chi connectivity index (χ4v) is 1.62. The van der Waals surface area contributed by atoms with Crippen LogP contribution in [0.2, 0.25) is 0 Å². The molecule has 0 bridgehead atoms.